The van der Waals surface area contributed by atoms with E-state index in [0.717, 1.165) is 10.9 Å². The fraction of sp³-hybridized carbons (Fsp3) is 0.444. The molecule has 0 saturated carbocycles. The van der Waals surface area contributed by atoms with Crippen molar-refractivity contribution in [2.75, 3.05) is 21.2 Å². The molecule has 0 bridgehead atoms. The fourth-order valence-electron chi connectivity index (χ4n) is 2.33. The van der Waals surface area contributed by atoms with E-state index in [1.165, 1.54) is 9.47 Å². The van der Waals surface area contributed by atoms with Gasteiger partial charge in [-0.15, -0.1) is 0 Å². The van der Waals surface area contributed by atoms with E-state index in [1.54, 1.807) is 39.5 Å². The largest absolute Gasteiger partial charge is 0.497 e. The van der Waals surface area contributed by atoms with E-state index in [2.05, 4.69) is 0 Å². The summed E-state index contributed by atoms with van der Waals surface area (Å²) in [5.74, 6) is 0.629. The molecule has 0 radical (unpaired) electrons. The first-order valence-corrected chi connectivity index (χ1v) is 7.74. The van der Waals surface area contributed by atoms with Crippen molar-refractivity contribution in [2.45, 2.75) is 32.8 Å². The highest BCUT2D eigenvalue weighted by Gasteiger charge is 2.22. The van der Waals surface area contributed by atoms with Crippen LogP contribution in [0.4, 0.5) is 4.79 Å². The minimum absolute atomic E-state index is 0.0407. The van der Waals surface area contributed by atoms with Gasteiger partial charge in [0.05, 0.1) is 19.0 Å². The van der Waals surface area contributed by atoms with E-state index in [-0.39, 0.29) is 12.3 Å². The molecule has 0 atom stereocenters. The minimum atomic E-state index is -0.597. The molecule has 0 aliphatic rings. The van der Waals surface area contributed by atoms with Gasteiger partial charge < -0.3 is 14.4 Å². The van der Waals surface area contributed by atoms with Crippen LogP contribution in [0.5, 0.6) is 5.75 Å². The molecule has 1 heterocycles. The Kier molecular flexibility index (Phi) is 4.87. The molecule has 0 saturated heterocycles. The zero-order valence-corrected chi connectivity index (χ0v) is 15.0. The lowest BCUT2D eigenvalue weighted by atomic mass is 10.1. The van der Waals surface area contributed by atoms with E-state index in [4.69, 9.17) is 9.47 Å². The number of benzene rings is 1. The Hall–Kier alpha value is -2.50. The van der Waals surface area contributed by atoms with Crippen molar-refractivity contribution in [3.63, 3.8) is 0 Å². The maximum atomic E-state index is 12.5. The van der Waals surface area contributed by atoms with Crippen LogP contribution in [0, 0.1) is 0 Å². The Labute approximate surface area is 141 Å². The van der Waals surface area contributed by atoms with E-state index >= 15 is 0 Å². The summed E-state index contributed by atoms with van der Waals surface area (Å²) in [6.45, 7) is 5.45. The average Bonchev–Trinajstić information content (AvgIpc) is 2.83. The highest BCUT2D eigenvalue weighted by Crippen LogP contribution is 2.27. The number of hydrogen-bond donors (Lipinski definition) is 0. The third-order valence-electron chi connectivity index (χ3n) is 3.52. The minimum Gasteiger partial charge on any atom is -0.497 e. The smallest absolute Gasteiger partial charge is 0.419 e. The molecular formula is C18H24N2O4. The van der Waals surface area contributed by atoms with Gasteiger partial charge in [0.25, 0.3) is 0 Å². The third-order valence-corrected chi connectivity index (χ3v) is 3.52. The summed E-state index contributed by atoms with van der Waals surface area (Å²) in [6, 6.07) is 5.40. The maximum Gasteiger partial charge on any atom is 0.419 e. The average molecular weight is 334 g/mol. The molecule has 6 nitrogen and oxygen atoms in total. The summed E-state index contributed by atoms with van der Waals surface area (Å²) in [4.78, 5) is 26.1. The van der Waals surface area contributed by atoms with Gasteiger partial charge in [-0.3, -0.25) is 9.36 Å². The molecule has 1 aromatic carbocycles. The number of amides is 1. The van der Waals surface area contributed by atoms with Gasteiger partial charge in [-0.25, -0.2) is 4.79 Å². The van der Waals surface area contributed by atoms with Gasteiger partial charge in [0.2, 0.25) is 5.91 Å². The van der Waals surface area contributed by atoms with Crippen LogP contribution in [-0.4, -0.2) is 48.3 Å². The van der Waals surface area contributed by atoms with Crippen molar-refractivity contribution in [1.82, 2.24) is 9.47 Å². The third kappa shape index (κ3) is 3.88. The number of ether oxygens (including phenoxy) is 2. The molecule has 2 rings (SSSR count). The fourth-order valence-corrected chi connectivity index (χ4v) is 2.33. The highest BCUT2D eigenvalue weighted by atomic mass is 16.6. The molecule has 0 N–H and O–H groups in total. The van der Waals surface area contributed by atoms with Gasteiger partial charge in [-0.2, -0.15) is 0 Å². The Balaban J connectivity index is 2.52. The second kappa shape index (κ2) is 6.55. The van der Waals surface area contributed by atoms with Crippen LogP contribution in [0.1, 0.15) is 26.3 Å². The van der Waals surface area contributed by atoms with Gasteiger partial charge >= 0.3 is 6.09 Å². The first-order chi connectivity index (χ1) is 11.1. The summed E-state index contributed by atoms with van der Waals surface area (Å²) >= 11 is 0. The quantitative estimate of drug-likeness (QED) is 0.810. The molecule has 0 aliphatic carbocycles. The monoisotopic (exact) mass is 334 g/mol. The first kappa shape index (κ1) is 17.8. The molecule has 0 spiro atoms. The van der Waals surface area contributed by atoms with Crippen molar-refractivity contribution in [3.05, 3.63) is 30.0 Å². The second-order valence-corrected chi connectivity index (χ2v) is 6.85. The normalized spacial score (nSPS) is 11.4. The molecular weight excluding hydrogens is 310 g/mol. The van der Waals surface area contributed by atoms with Crippen molar-refractivity contribution in [2.24, 2.45) is 0 Å². The van der Waals surface area contributed by atoms with Crippen LogP contribution in [0.15, 0.2) is 24.4 Å². The van der Waals surface area contributed by atoms with Crippen LogP contribution < -0.4 is 4.74 Å². The molecule has 130 valence electrons. The van der Waals surface area contributed by atoms with E-state index in [9.17, 15) is 9.59 Å². The molecule has 0 aliphatic heterocycles. The van der Waals surface area contributed by atoms with Crippen molar-refractivity contribution < 1.29 is 19.1 Å². The standard InChI is InChI=1S/C18H24N2O4/c1-18(2,3)24-17(22)20-11-12(9-16(21)19(4)5)14-10-13(23-6)7-8-15(14)20/h7-8,10-11H,9H2,1-6H3/i4+1,5+1. The van der Waals surface area contributed by atoms with Crippen LogP contribution in [-0.2, 0) is 16.0 Å². The summed E-state index contributed by atoms with van der Waals surface area (Å²) in [6.07, 6.45) is 1.40. The Morgan fingerprint density at radius 2 is 1.88 bits per heavy atom. The van der Waals surface area contributed by atoms with Crippen molar-refractivity contribution in [1.29, 1.82) is 0 Å². The SMILES string of the molecule is COc1ccc2c(c1)c(CC(=O)N([13CH3])[13CH3])cn2C(=O)OC(C)(C)C. The van der Waals surface area contributed by atoms with Gasteiger partial charge in [-0.05, 0) is 44.5 Å². The highest BCUT2D eigenvalue weighted by molar-refractivity contribution is 5.95. The Morgan fingerprint density at radius 3 is 2.42 bits per heavy atom. The number of carbonyl (C=O) groups is 2. The van der Waals surface area contributed by atoms with Gasteiger partial charge in [0, 0.05) is 25.7 Å². The number of carbonyl (C=O) groups excluding carboxylic acids is 2. The van der Waals surface area contributed by atoms with E-state index < -0.39 is 11.7 Å². The number of fused-ring (bicyclic) bond motifs is 1. The van der Waals surface area contributed by atoms with Crippen LogP contribution >= 0.6 is 0 Å². The summed E-state index contributed by atoms with van der Waals surface area (Å²) in [5.41, 5.74) is 0.847. The second-order valence-electron chi connectivity index (χ2n) is 6.85. The summed E-state index contributed by atoms with van der Waals surface area (Å²) in [5, 5.41) is 0.801. The van der Waals surface area contributed by atoms with Crippen molar-refractivity contribution in [3.8, 4) is 5.75 Å². The lowest BCUT2D eigenvalue weighted by molar-refractivity contribution is -0.127. The predicted molar refractivity (Wildman–Crippen MR) is 92.5 cm³/mol. The number of hydrogen-bond acceptors (Lipinski definition) is 4. The first-order valence-electron chi connectivity index (χ1n) is 7.74. The molecule has 0 unspecified atom stereocenters. The van der Waals surface area contributed by atoms with Gasteiger partial charge in [0.1, 0.15) is 11.4 Å². The van der Waals surface area contributed by atoms with Gasteiger partial charge in [0.15, 0.2) is 0 Å². The molecule has 1 amide bonds. The van der Waals surface area contributed by atoms with Gasteiger partial charge in [-0.1, -0.05) is 0 Å². The molecule has 24 heavy (non-hydrogen) atoms. The zero-order valence-electron chi connectivity index (χ0n) is 15.0. The zero-order chi connectivity index (χ0) is 18.1. The molecule has 0 fully saturated rings. The Morgan fingerprint density at radius 1 is 1.21 bits per heavy atom. The summed E-state index contributed by atoms with van der Waals surface area (Å²) in [7, 11) is 4.99. The molecule has 6 heteroatoms. The van der Waals surface area contributed by atoms with Crippen LogP contribution in [0.3, 0.4) is 0 Å². The summed E-state index contributed by atoms with van der Waals surface area (Å²) < 4.78 is 12.2. The lowest BCUT2D eigenvalue weighted by Crippen LogP contribution is -2.26. The van der Waals surface area contributed by atoms with Crippen LogP contribution in [0.25, 0.3) is 10.9 Å². The lowest BCUT2D eigenvalue weighted by Gasteiger charge is -2.19. The molecule has 1 aromatic heterocycles. The van der Waals surface area contributed by atoms with E-state index in [1.807, 2.05) is 26.8 Å². The van der Waals surface area contributed by atoms with Crippen LogP contribution in [0.2, 0.25) is 0 Å². The molecule has 2 aromatic rings. The number of aromatic nitrogens is 1. The van der Waals surface area contributed by atoms with E-state index in [0.29, 0.717) is 11.3 Å². The number of nitrogens with zero attached hydrogens (tertiary/aromatic N) is 2. The number of methoxy groups -OCH3 is 1. The maximum absolute atomic E-state index is 12.5. The number of rotatable bonds is 3. The Bertz CT molecular complexity index is 769. The van der Waals surface area contributed by atoms with Crippen molar-refractivity contribution >= 4 is 22.9 Å². The number of likely N-dealkylation sites (N-methyl/N-ethyl adjacent to an activating group) is 1. The predicted octanol–water partition coefficient (Wildman–Crippen LogP) is 3.06. The topological polar surface area (TPSA) is 60.8 Å².